The lowest BCUT2D eigenvalue weighted by Gasteiger charge is -2.07. The summed E-state index contributed by atoms with van der Waals surface area (Å²) in [5.41, 5.74) is 6.70. The smallest absolute Gasteiger partial charge is 0.246 e. The Hall–Kier alpha value is -2.43. The molecular weight excluding hydrogens is 280 g/mol. The van der Waals surface area contributed by atoms with Crippen LogP contribution in [0.15, 0.2) is 24.4 Å². The third kappa shape index (κ3) is 3.32. The SMILES string of the molecule is N#Cc1ccc(Cl)cc1NC(=O)Cn1cc(CN)nn1. The van der Waals surface area contributed by atoms with Gasteiger partial charge in [0.05, 0.1) is 23.1 Å². The Labute approximate surface area is 119 Å². The van der Waals surface area contributed by atoms with Gasteiger partial charge in [-0.2, -0.15) is 5.26 Å². The van der Waals surface area contributed by atoms with Crippen molar-refractivity contribution >= 4 is 23.2 Å². The second-order valence-electron chi connectivity index (χ2n) is 3.96. The Morgan fingerprint density at radius 2 is 2.35 bits per heavy atom. The van der Waals surface area contributed by atoms with Crippen LogP contribution in [0, 0.1) is 11.3 Å². The van der Waals surface area contributed by atoms with Gasteiger partial charge in [-0.25, -0.2) is 4.68 Å². The summed E-state index contributed by atoms with van der Waals surface area (Å²) in [6.45, 7) is 0.235. The molecule has 3 N–H and O–H groups in total. The Balaban J connectivity index is 2.08. The van der Waals surface area contributed by atoms with E-state index in [-0.39, 0.29) is 19.0 Å². The Kier molecular flexibility index (Phi) is 4.30. The number of halogens is 1. The van der Waals surface area contributed by atoms with Crippen LogP contribution in [0.3, 0.4) is 0 Å². The average Bonchev–Trinajstić information content (AvgIpc) is 2.86. The van der Waals surface area contributed by atoms with E-state index < -0.39 is 0 Å². The molecule has 0 spiro atoms. The van der Waals surface area contributed by atoms with Gasteiger partial charge >= 0.3 is 0 Å². The van der Waals surface area contributed by atoms with Gasteiger partial charge in [0, 0.05) is 11.6 Å². The molecule has 1 aromatic carbocycles. The van der Waals surface area contributed by atoms with Gasteiger partial charge in [0.2, 0.25) is 5.91 Å². The first-order valence-electron chi connectivity index (χ1n) is 5.71. The van der Waals surface area contributed by atoms with Crippen molar-refractivity contribution in [1.82, 2.24) is 15.0 Å². The van der Waals surface area contributed by atoms with Gasteiger partial charge in [-0.15, -0.1) is 5.10 Å². The second-order valence-corrected chi connectivity index (χ2v) is 4.40. The van der Waals surface area contributed by atoms with Crippen LogP contribution in [-0.4, -0.2) is 20.9 Å². The van der Waals surface area contributed by atoms with Crippen molar-refractivity contribution in [2.45, 2.75) is 13.1 Å². The number of carbonyl (C=O) groups excluding carboxylic acids is 1. The number of hydrogen-bond acceptors (Lipinski definition) is 5. The number of amides is 1. The first-order chi connectivity index (χ1) is 9.62. The summed E-state index contributed by atoms with van der Waals surface area (Å²) >= 11 is 5.84. The van der Waals surface area contributed by atoms with Crippen LogP contribution < -0.4 is 11.1 Å². The minimum atomic E-state index is -0.336. The predicted molar refractivity (Wildman–Crippen MR) is 72.7 cm³/mol. The molecule has 0 saturated heterocycles. The Morgan fingerprint density at radius 3 is 3.00 bits per heavy atom. The van der Waals surface area contributed by atoms with Crippen LogP contribution in [0.5, 0.6) is 0 Å². The van der Waals surface area contributed by atoms with Crippen LogP contribution in [-0.2, 0) is 17.9 Å². The first-order valence-corrected chi connectivity index (χ1v) is 6.08. The van der Waals surface area contributed by atoms with E-state index in [9.17, 15) is 4.79 Å². The fourth-order valence-electron chi connectivity index (χ4n) is 1.56. The highest BCUT2D eigenvalue weighted by Crippen LogP contribution is 2.20. The van der Waals surface area contributed by atoms with E-state index in [0.717, 1.165) is 0 Å². The molecule has 0 radical (unpaired) electrons. The number of nitrogens with zero attached hydrogens (tertiary/aromatic N) is 4. The maximum atomic E-state index is 11.9. The zero-order chi connectivity index (χ0) is 14.5. The molecule has 0 bridgehead atoms. The van der Waals surface area contributed by atoms with Gasteiger partial charge in [-0.1, -0.05) is 16.8 Å². The zero-order valence-electron chi connectivity index (χ0n) is 10.4. The van der Waals surface area contributed by atoms with Crippen molar-refractivity contribution in [2.24, 2.45) is 5.73 Å². The summed E-state index contributed by atoms with van der Waals surface area (Å²) in [6, 6.07) is 6.62. The minimum Gasteiger partial charge on any atom is -0.325 e. The molecule has 2 rings (SSSR count). The highest BCUT2D eigenvalue weighted by Gasteiger charge is 2.09. The molecule has 20 heavy (non-hydrogen) atoms. The number of hydrogen-bond donors (Lipinski definition) is 2. The van der Waals surface area contributed by atoms with Crippen molar-refractivity contribution in [3.05, 3.63) is 40.7 Å². The maximum absolute atomic E-state index is 11.9. The zero-order valence-corrected chi connectivity index (χ0v) is 11.1. The molecule has 1 aromatic heterocycles. The lowest BCUT2D eigenvalue weighted by atomic mass is 10.2. The quantitative estimate of drug-likeness (QED) is 0.869. The molecule has 0 aliphatic carbocycles. The summed E-state index contributed by atoms with van der Waals surface area (Å²) < 4.78 is 1.37. The maximum Gasteiger partial charge on any atom is 0.246 e. The number of nitrogens with one attached hydrogen (secondary N) is 1. The largest absolute Gasteiger partial charge is 0.325 e. The standard InChI is InChI=1S/C12H11ClN6O/c13-9-2-1-8(4-14)11(3-9)16-12(20)7-19-6-10(5-15)17-18-19/h1-3,6H,5,7,15H2,(H,16,20). The molecule has 0 unspecified atom stereocenters. The number of nitrogens with two attached hydrogens (primary N) is 1. The fraction of sp³-hybridized carbons (Fsp3) is 0.167. The topological polar surface area (TPSA) is 110 Å². The van der Waals surface area contributed by atoms with Crippen LogP contribution in [0.4, 0.5) is 5.69 Å². The first kappa shape index (κ1) is 14.0. The number of aromatic nitrogens is 3. The normalized spacial score (nSPS) is 10.1. The van der Waals surface area contributed by atoms with E-state index in [0.29, 0.717) is 22.0 Å². The lowest BCUT2D eigenvalue weighted by molar-refractivity contribution is -0.116. The number of anilines is 1. The van der Waals surface area contributed by atoms with Crippen LogP contribution >= 0.6 is 11.6 Å². The van der Waals surface area contributed by atoms with Crippen molar-refractivity contribution in [3.8, 4) is 6.07 Å². The molecule has 0 saturated carbocycles. The van der Waals surface area contributed by atoms with Crippen molar-refractivity contribution in [1.29, 1.82) is 5.26 Å². The minimum absolute atomic E-state index is 0.0234. The molecule has 8 heteroatoms. The molecular formula is C12H11ClN6O. The summed E-state index contributed by atoms with van der Waals surface area (Å²) in [5, 5.41) is 19.5. The monoisotopic (exact) mass is 290 g/mol. The second kappa shape index (κ2) is 6.14. The van der Waals surface area contributed by atoms with Crippen molar-refractivity contribution in [2.75, 3.05) is 5.32 Å². The highest BCUT2D eigenvalue weighted by atomic mass is 35.5. The van der Waals surface area contributed by atoms with E-state index in [4.69, 9.17) is 22.6 Å². The van der Waals surface area contributed by atoms with Gasteiger partial charge < -0.3 is 11.1 Å². The van der Waals surface area contributed by atoms with E-state index >= 15 is 0 Å². The molecule has 0 aliphatic heterocycles. The number of carbonyl (C=O) groups is 1. The molecule has 1 heterocycles. The summed E-state index contributed by atoms with van der Waals surface area (Å²) in [7, 11) is 0. The van der Waals surface area contributed by atoms with E-state index in [1.807, 2.05) is 6.07 Å². The van der Waals surface area contributed by atoms with Gasteiger partial charge in [0.15, 0.2) is 0 Å². The average molecular weight is 291 g/mol. The molecule has 102 valence electrons. The summed E-state index contributed by atoms with van der Waals surface area (Å²) in [4.78, 5) is 11.9. The Morgan fingerprint density at radius 1 is 1.55 bits per heavy atom. The predicted octanol–water partition coefficient (Wildman–Crippen LogP) is 0.901. The highest BCUT2D eigenvalue weighted by molar-refractivity contribution is 6.31. The van der Waals surface area contributed by atoms with Gasteiger partial charge in [-0.3, -0.25) is 4.79 Å². The molecule has 7 nitrogen and oxygen atoms in total. The molecule has 1 amide bonds. The molecule has 0 atom stereocenters. The Bertz CT molecular complexity index is 675. The summed E-state index contributed by atoms with van der Waals surface area (Å²) in [6.07, 6.45) is 1.59. The van der Waals surface area contributed by atoms with Crippen molar-refractivity contribution < 1.29 is 4.79 Å². The molecule has 0 aliphatic rings. The molecule has 2 aromatic rings. The van der Waals surface area contributed by atoms with E-state index in [1.54, 1.807) is 18.3 Å². The number of benzene rings is 1. The van der Waals surface area contributed by atoms with Crippen molar-refractivity contribution in [3.63, 3.8) is 0 Å². The van der Waals surface area contributed by atoms with Gasteiger partial charge in [0.1, 0.15) is 12.6 Å². The van der Waals surface area contributed by atoms with E-state index in [2.05, 4.69) is 15.6 Å². The van der Waals surface area contributed by atoms with Crippen LogP contribution in [0.1, 0.15) is 11.3 Å². The van der Waals surface area contributed by atoms with Gasteiger partial charge in [0.25, 0.3) is 0 Å². The number of rotatable bonds is 4. The lowest BCUT2D eigenvalue weighted by Crippen LogP contribution is -2.19. The third-order valence-corrected chi connectivity index (χ3v) is 2.71. The van der Waals surface area contributed by atoms with E-state index in [1.165, 1.54) is 10.7 Å². The van der Waals surface area contributed by atoms with Crippen LogP contribution in [0.25, 0.3) is 0 Å². The van der Waals surface area contributed by atoms with Gasteiger partial charge in [-0.05, 0) is 18.2 Å². The van der Waals surface area contributed by atoms with Crippen LogP contribution in [0.2, 0.25) is 5.02 Å². The molecule has 0 fully saturated rings. The number of nitriles is 1. The summed E-state index contributed by atoms with van der Waals surface area (Å²) in [5.74, 6) is -0.336. The third-order valence-electron chi connectivity index (χ3n) is 2.48. The fourth-order valence-corrected chi connectivity index (χ4v) is 1.74.